The van der Waals surface area contributed by atoms with Gasteiger partial charge in [0.15, 0.2) is 5.76 Å². The third kappa shape index (κ3) is 3.83. The molecule has 0 spiro atoms. The normalized spacial score (nSPS) is 15.1. The van der Waals surface area contributed by atoms with E-state index in [1.807, 2.05) is 31.2 Å². The van der Waals surface area contributed by atoms with Gasteiger partial charge in [-0.25, -0.2) is 4.79 Å². The molecule has 3 rings (SSSR count). The molecule has 1 fully saturated rings. The number of carbonyl (C=O) groups is 2. The van der Waals surface area contributed by atoms with E-state index in [1.165, 1.54) is 0 Å². The summed E-state index contributed by atoms with van der Waals surface area (Å²) in [7, 11) is 1.57. The summed E-state index contributed by atoms with van der Waals surface area (Å²) < 4.78 is 10.4. The Kier molecular flexibility index (Phi) is 5.04. The van der Waals surface area contributed by atoms with E-state index in [9.17, 15) is 9.59 Å². The van der Waals surface area contributed by atoms with Crippen LogP contribution in [0.5, 0.6) is 0 Å². The predicted octanol–water partition coefficient (Wildman–Crippen LogP) is 2.45. The summed E-state index contributed by atoms with van der Waals surface area (Å²) in [6.45, 7) is 3.54. The average Bonchev–Trinajstić information content (AvgIpc) is 3.24. The standard InChI is InChI=1S/C18H21N3O4/c1-12(20-17(22)16-8-7-15(25-16)11-24-2)13-3-5-14(6-4-13)21-10-9-19-18(21)23/h3-8,12H,9-11H2,1-2H3,(H,19,23)(H,20,22). The minimum Gasteiger partial charge on any atom is -0.453 e. The first-order chi connectivity index (χ1) is 12.1. The zero-order valence-corrected chi connectivity index (χ0v) is 14.2. The molecule has 25 heavy (non-hydrogen) atoms. The van der Waals surface area contributed by atoms with Crippen LogP contribution >= 0.6 is 0 Å². The van der Waals surface area contributed by atoms with Crippen molar-refractivity contribution in [2.45, 2.75) is 19.6 Å². The van der Waals surface area contributed by atoms with E-state index in [4.69, 9.17) is 9.15 Å². The van der Waals surface area contributed by atoms with Gasteiger partial charge in [0.2, 0.25) is 0 Å². The summed E-state index contributed by atoms with van der Waals surface area (Å²) in [5, 5.41) is 5.67. The Hall–Kier alpha value is -2.80. The van der Waals surface area contributed by atoms with Crippen LogP contribution < -0.4 is 15.5 Å². The summed E-state index contributed by atoms with van der Waals surface area (Å²) in [5.41, 5.74) is 1.79. The molecule has 0 aliphatic carbocycles. The van der Waals surface area contributed by atoms with Gasteiger partial charge >= 0.3 is 6.03 Å². The molecule has 2 heterocycles. The van der Waals surface area contributed by atoms with E-state index in [2.05, 4.69) is 10.6 Å². The van der Waals surface area contributed by atoms with E-state index in [0.717, 1.165) is 11.3 Å². The zero-order valence-electron chi connectivity index (χ0n) is 14.2. The predicted molar refractivity (Wildman–Crippen MR) is 92.5 cm³/mol. The lowest BCUT2D eigenvalue weighted by molar-refractivity contribution is 0.0903. The quantitative estimate of drug-likeness (QED) is 0.844. The van der Waals surface area contributed by atoms with Gasteiger partial charge in [-0.05, 0) is 36.8 Å². The highest BCUT2D eigenvalue weighted by atomic mass is 16.5. The molecule has 1 aliphatic rings. The second kappa shape index (κ2) is 7.40. The lowest BCUT2D eigenvalue weighted by atomic mass is 10.1. The highest BCUT2D eigenvalue weighted by Crippen LogP contribution is 2.21. The molecule has 1 aromatic heterocycles. The van der Waals surface area contributed by atoms with Crippen LogP contribution in [-0.2, 0) is 11.3 Å². The van der Waals surface area contributed by atoms with Crippen LogP contribution in [-0.4, -0.2) is 32.1 Å². The number of hydrogen-bond donors (Lipinski definition) is 2. The largest absolute Gasteiger partial charge is 0.453 e. The molecule has 7 heteroatoms. The van der Waals surface area contributed by atoms with Crippen molar-refractivity contribution in [3.63, 3.8) is 0 Å². The summed E-state index contributed by atoms with van der Waals surface area (Å²) >= 11 is 0. The Labute approximate surface area is 145 Å². The number of nitrogens with one attached hydrogen (secondary N) is 2. The third-order valence-corrected chi connectivity index (χ3v) is 4.08. The van der Waals surface area contributed by atoms with Crippen LogP contribution in [0.3, 0.4) is 0 Å². The minimum atomic E-state index is -0.280. The number of carbonyl (C=O) groups excluding carboxylic acids is 2. The van der Waals surface area contributed by atoms with E-state index in [-0.39, 0.29) is 23.7 Å². The molecule has 2 aromatic rings. The minimum absolute atomic E-state index is 0.0845. The monoisotopic (exact) mass is 343 g/mol. The van der Waals surface area contributed by atoms with Gasteiger partial charge in [0.05, 0.1) is 6.04 Å². The molecule has 7 nitrogen and oxygen atoms in total. The lowest BCUT2D eigenvalue weighted by Crippen LogP contribution is -2.28. The Morgan fingerprint density at radius 3 is 2.72 bits per heavy atom. The molecular formula is C18H21N3O4. The first-order valence-electron chi connectivity index (χ1n) is 8.12. The number of rotatable bonds is 6. The fourth-order valence-electron chi connectivity index (χ4n) is 2.73. The van der Waals surface area contributed by atoms with Crippen molar-refractivity contribution in [3.8, 4) is 0 Å². The Bertz CT molecular complexity index is 754. The van der Waals surface area contributed by atoms with Crippen molar-refractivity contribution >= 4 is 17.6 Å². The van der Waals surface area contributed by atoms with Crippen molar-refractivity contribution < 1.29 is 18.7 Å². The smallest absolute Gasteiger partial charge is 0.321 e. The van der Waals surface area contributed by atoms with Gasteiger partial charge in [0.1, 0.15) is 12.4 Å². The SMILES string of the molecule is COCc1ccc(C(=O)NC(C)c2ccc(N3CCNC3=O)cc2)o1. The molecule has 0 bridgehead atoms. The number of hydrogen-bond acceptors (Lipinski definition) is 4. The second-order valence-electron chi connectivity index (χ2n) is 5.87. The van der Waals surface area contributed by atoms with Gasteiger partial charge in [-0.3, -0.25) is 9.69 Å². The molecule has 1 aromatic carbocycles. The third-order valence-electron chi connectivity index (χ3n) is 4.08. The van der Waals surface area contributed by atoms with Crippen molar-refractivity contribution in [1.29, 1.82) is 0 Å². The van der Waals surface area contributed by atoms with Crippen LogP contribution in [0.2, 0.25) is 0 Å². The molecule has 1 unspecified atom stereocenters. The Morgan fingerprint density at radius 2 is 2.08 bits per heavy atom. The van der Waals surface area contributed by atoms with E-state index >= 15 is 0 Å². The van der Waals surface area contributed by atoms with Crippen molar-refractivity contribution in [2.75, 3.05) is 25.1 Å². The molecule has 2 N–H and O–H groups in total. The highest BCUT2D eigenvalue weighted by molar-refractivity contribution is 5.94. The van der Waals surface area contributed by atoms with E-state index < -0.39 is 0 Å². The molecular weight excluding hydrogens is 322 g/mol. The number of nitrogens with zero attached hydrogens (tertiary/aromatic N) is 1. The van der Waals surface area contributed by atoms with Gasteiger partial charge in [0, 0.05) is 25.9 Å². The van der Waals surface area contributed by atoms with Gasteiger partial charge in [-0.2, -0.15) is 0 Å². The van der Waals surface area contributed by atoms with E-state index in [0.29, 0.717) is 25.5 Å². The molecule has 1 atom stereocenters. The number of furan rings is 1. The maximum Gasteiger partial charge on any atom is 0.321 e. The van der Waals surface area contributed by atoms with Gasteiger partial charge in [-0.1, -0.05) is 12.1 Å². The molecule has 1 aliphatic heterocycles. The number of urea groups is 1. The molecule has 3 amide bonds. The summed E-state index contributed by atoms with van der Waals surface area (Å²) in [5.74, 6) is 0.579. The number of benzene rings is 1. The van der Waals surface area contributed by atoms with Crippen LogP contribution in [0.4, 0.5) is 10.5 Å². The van der Waals surface area contributed by atoms with Gasteiger partial charge < -0.3 is 19.8 Å². The summed E-state index contributed by atoms with van der Waals surface area (Å²) in [6, 6.07) is 10.7. The fourth-order valence-corrected chi connectivity index (χ4v) is 2.73. The molecule has 0 saturated carbocycles. The fraction of sp³-hybridized carbons (Fsp3) is 0.333. The second-order valence-corrected chi connectivity index (χ2v) is 5.87. The molecule has 132 valence electrons. The van der Waals surface area contributed by atoms with Crippen LogP contribution in [0.15, 0.2) is 40.8 Å². The average molecular weight is 343 g/mol. The van der Waals surface area contributed by atoms with Crippen molar-refractivity contribution in [2.24, 2.45) is 0 Å². The van der Waals surface area contributed by atoms with Crippen LogP contribution in [0.1, 0.15) is 34.8 Å². The Morgan fingerprint density at radius 1 is 1.32 bits per heavy atom. The highest BCUT2D eigenvalue weighted by Gasteiger charge is 2.21. The first-order valence-corrected chi connectivity index (χ1v) is 8.12. The molecule has 1 saturated heterocycles. The molecule has 0 radical (unpaired) electrons. The summed E-state index contributed by atoms with van der Waals surface area (Å²) in [6.07, 6.45) is 0. The zero-order chi connectivity index (χ0) is 17.8. The topological polar surface area (TPSA) is 83.8 Å². The number of anilines is 1. The number of ether oxygens (including phenoxy) is 1. The first kappa shape index (κ1) is 17.0. The summed E-state index contributed by atoms with van der Waals surface area (Å²) in [4.78, 5) is 25.6. The van der Waals surface area contributed by atoms with Crippen LogP contribution in [0.25, 0.3) is 0 Å². The Balaban J connectivity index is 1.63. The maximum atomic E-state index is 12.3. The van der Waals surface area contributed by atoms with Gasteiger partial charge in [-0.15, -0.1) is 0 Å². The van der Waals surface area contributed by atoms with Crippen molar-refractivity contribution in [1.82, 2.24) is 10.6 Å². The lowest BCUT2D eigenvalue weighted by Gasteiger charge is -2.17. The number of amides is 3. The maximum absolute atomic E-state index is 12.3. The van der Waals surface area contributed by atoms with Crippen LogP contribution in [0, 0.1) is 0 Å². The van der Waals surface area contributed by atoms with E-state index in [1.54, 1.807) is 24.1 Å². The van der Waals surface area contributed by atoms with Crippen molar-refractivity contribution in [3.05, 3.63) is 53.5 Å². The number of methoxy groups -OCH3 is 1. The van der Waals surface area contributed by atoms with Gasteiger partial charge in [0.25, 0.3) is 5.91 Å².